The molecule has 5 heteroatoms. The Morgan fingerprint density at radius 1 is 0.393 bits per heavy atom. The molecule has 5 aromatic rings. The van der Waals surface area contributed by atoms with Crippen molar-refractivity contribution in [2.45, 2.75) is 157 Å². The van der Waals surface area contributed by atoms with Crippen molar-refractivity contribution in [1.29, 1.82) is 0 Å². The van der Waals surface area contributed by atoms with Gasteiger partial charge in [0, 0.05) is 0 Å². The molecule has 0 N–H and O–H groups in total. The van der Waals surface area contributed by atoms with Gasteiger partial charge in [-0.05, 0) is 65.9 Å². The molecule has 0 unspecified atom stereocenters. The fraction of sp³-hybridized carbons (Fsp3) is 0.471. The molecule has 5 aromatic carbocycles. The third-order valence-electron chi connectivity index (χ3n) is 11.4. The summed E-state index contributed by atoms with van der Waals surface area (Å²) in [6.07, 6.45) is 0. The number of rotatable bonds is 4. The molecule has 0 aromatic heterocycles. The zero-order chi connectivity index (χ0) is 42.6. The Labute approximate surface area is 361 Å². The van der Waals surface area contributed by atoms with E-state index in [1.54, 1.807) is 0 Å². The summed E-state index contributed by atoms with van der Waals surface area (Å²) in [5.41, 5.74) is 8.37. The van der Waals surface area contributed by atoms with E-state index in [0.717, 1.165) is 0 Å². The molecule has 302 valence electrons. The fourth-order valence-electron chi connectivity index (χ4n) is 7.57. The number of fused-ring (bicyclic) bond motifs is 1. The molecule has 56 heavy (non-hydrogen) atoms. The minimum atomic E-state index is -3.07. The summed E-state index contributed by atoms with van der Waals surface area (Å²) < 4.78 is 0. The minimum absolute atomic E-state index is 0.0160. The molecule has 0 atom stereocenters. The molecule has 0 bridgehead atoms. The van der Waals surface area contributed by atoms with E-state index in [0.29, 0.717) is 0 Å². The molecule has 0 saturated heterocycles. The zero-order valence-electron chi connectivity index (χ0n) is 37.8. The van der Waals surface area contributed by atoms with Crippen LogP contribution in [-0.2, 0) is 47.2 Å². The molecule has 0 fully saturated rings. The van der Waals surface area contributed by atoms with E-state index < -0.39 is 22.8 Å². The van der Waals surface area contributed by atoms with E-state index in [2.05, 4.69) is 216 Å². The van der Waals surface area contributed by atoms with Crippen LogP contribution in [0, 0.1) is 0 Å². The van der Waals surface area contributed by atoms with Gasteiger partial charge in [0.05, 0.1) is 0 Å². The molecule has 0 amide bonds. The summed E-state index contributed by atoms with van der Waals surface area (Å²) >= 11 is -1.92. The normalized spacial score (nSPS) is 13.4. The maximum absolute atomic E-state index is 4.97. The predicted molar refractivity (Wildman–Crippen MR) is 253 cm³/mol. The van der Waals surface area contributed by atoms with E-state index in [1.165, 1.54) is 64.9 Å². The Hall–Kier alpha value is -1.71. The van der Waals surface area contributed by atoms with Gasteiger partial charge >= 0.3 is 42.6 Å². The number of hydrogen-bond donors (Lipinski definition) is 0. The summed E-state index contributed by atoms with van der Waals surface area (Å²) in [6, 6.07) is 37.3. The van der Waals surface area contributed by atoms with Gasteiger partial charge in [-0.1, -0.05) is 201 Å². The van der Waals surface area contributed by atoms with Crippen molar-refractivity contribution in [3.8, 4) is 0 Å². The van der Waals surface area contributed by atoms with Crippen molar-refractivity contribution < 1.29 is 14.7 Å². The van der Waals surface area contributed by atoms with Crippen molar-refractivity contribution in [2.75, 3.05) is 0 Å². The van der Waals surface area contributed by atoms with Crippen LogP contribution in [0.5, 0.6) is 0 Å². The molecule has 0 spiro atoms. The van der Waals surface area contributed by atoms with Crippen molar-refractivity contribution in [3.63, 3.8) is 0 Å². The summed E-state index contributed by atoms with van der Waals surface area (Å²) in [5.74, 6) is 0. The SMILES string of the molecule is CC(C)(C)c1cc(C(C)(C)C)cc([Si](c2cc(C(C)(C)C)cc(C(C)(C)C)c2)(c2cc(C(C)(C)C)cc(C(C)(C)C)c2)[c-]2ccc3ccccc32)c1.[Cl][Ti+]([Cl])[Cl]. The zero-order valence-corrected chi connectivity index (χ0v) is 42.6. The van der Waals surface area contributed by atoms with Crippen molar-refractivity contribution in [2.24, 2.45) is 0 Å². The monoisotopic (exact) mass is 862 g/mol. The standard InChI is InChI=1S/C51H69Si.3ClH.Ti/c1-46(2,3)35-25-36(47(4,5)6)29-41(28-35)52(45-24-23-34-21-19-20-22-44(34)45,42-30-37(48(7,8)9)26-38(31-42)49(10,11)12)43-32-39(50(13,14)15)27-40(33-43)51(16,17)18;;;;/h19-33H,1-18H3;3*1H;/q-1;;;;+4/p-3. The first-order valence-electron chi connectivity index (χ1n) is 20.3. The first-order chi connectivity index (χ1) is 25.3. The predicted octanol–water partition coefficient (Wildman–Crippen LogP) is 13.8. The van der Waals surface area contributed by atoms with Gasteiger partial charge in [-0.2, -0.15) is 12.1 Å². The Morgan fingerprint density at radius 3 is 0.893 bits per heavy atom. The van der Waals surface area contributed by atoms with Gasteiger partial charge in [-0.3, -0.25) is 0 Å². The Kier molecular flexibility index (Phi) is 13.7. The molecule has 0 aliphatic rings. The van der Waals surface area contributed by atoms with E-state index in [1.807, 2.05) is 0 Å². The Balaban J connectivity index is 0.00000166. The van der Waals surface area contributed by atoms with Gasteiger partial charge in [-0.15, -0.1) is 34.2 Å². The first-order valence-corrected chi connectivity index (χ1v) is 28.7. The van der Waals surface area contributed by atoms with Gasteiger partial charge in [0.15, 0.2) is 0 Å². The van der Waals surface area contributed by atoms with E-state index in [-0.39, 0.29) is 32.5 Å². The second-order valence-corrected chi connectivity index (χ2v) is 33.7. The summed E-state index contributed by atoms with van der Waals surface area (Å²) in [6.45, 7) is 42.9. The van der Waals surface area contributed by atoms with Crippen LogP contribution in [0.4, 0.5) is 0 Å². The van der Waals surface area contributed by atoms with Crippen LogP contribution in [0.2, 0.25) is 0 Å². The van der Waals surface area contributed by atoms with Crippen LogP contribution in [0.15, 0.2) is 91.0 Å². The molecular weight excluding hydrogens is 795 g/mol. The van der Waals surface area contributed by atoms with Crippen LogP contribution in [0.3, 0.4) is 0 Å². The second-order valence-electron chi connectivity index (χ2n) is 22.2. The Morgan fingerprint density at radius 2 is 0.643 bits per heavy atom. The molecule has 0 saturated carbocycles. The number of benzene rings is 4. The van der Waals surface area contributed by atoms with Gasteiger partial charge in [0.2, 0.25) is 0 Å². The molecular formula is C51H69Cl3SiTi. The third kappa shape index (κ3) is 10.5. The molecule has 0 aliphatic heterocycles. The third-order valence-corrected chi connectivity index (χ3v) is 16.1. The molecule has 0 nitrogen and oxygen atoms in total. The van der Waals surface area contributed by atoms with Crippen LogP contribution in [0.1, 0.15) is 158 Å². The van der Waals surface area contributed by atoms with Crippen LogP contribution >= 0.6 is 27.9 Å². The number of hydrogen-bond acceptors (Lipinski definition) is 0. The van der Waals surface area contributed by atoms with Gasteiger partial charge in [0.25, 0.3) is 0 Å². The first kappa shape index (κ1) is 47.0. The molecule has 0 aliphatic carbocycles. The van der Waals surface area contributed by atoms with E-state index >= 15 is 0 Å². The van der Waals surface area contributed by atoms with Crippen molar-refractivity contribution in [3.05, 3.63) is 124 Å². The number of halogens is 3. The van der Waals surface area contributed by atoms with E-state index in [9.17, 15) is 0 Å². The topological polar surface area (TPSA) is 0 Å². The molecule has 5 rings (SSSR count). The van der Waals surface area contributed by atoms with Crippen LogP contribution in [-0.4, -0.2) is 8.07 Å². The summed E-state index contributed by atoms with van der Waals surface area (Å²) in [5, 5.41) is 8.65. The molecule has 0 radical (unpaired) electrons. The van der Waals surface area contributed by atoms with Gasteiger partial charge < -0.3 is 0 Å². The van der Waals surface area contributed by atoms with Gasteiger partial charge in [0.1, 0.15) is 8.07 Å². The fourth-order valence-corrected chi connectivity index (χ4v) is 12.7. The van der Waals surface area contributed by atoms with Crippen LogP contribution < -0.4 is 20.7 Å². The molecule has 0 heterocycles. The maximum atomic E-state index is 4.97. The summed E-state index contributed by atoms with van der Waals surface area (Å²) in [7, 11) is 11.8. The van der Waals surface area contributed by atoms with Crippen molar-refractivity contribution >= 4 is 67.5 Å². The Bertz CT molecular complexity index is 1860. The van der Waals surface area contributed by atoms with Gasteiger partial charge in [-0.25, -0.2) is 0 Å². The quantitative estimate of drug-likeness (QED) is 0.0959. The van der Waals surface area contributed by atoms with Crippen LogP contribution in [0.25, 0.3) is 10.8 Å². The van der Waals surface area contributed by atoms with Crippen molar-refractivity contribution in [1.82, 2.24) is 0 Å². The van der Waals surface area contributed by atoms with E-state index in [4.69, 9.17) is 27.9 Å². The summed E-state index contributed by atoms with van der Waals surface area (Å²) in [4.78, 5) is 0. The second kappa shape index (κ2) is 16.4. The average molecular weight is 864 g/mol. The average Bonchev–Trinajstić information content (AvgIpc) is 3.46.